The van der Waals surface area contributed by atoms with Gasteiger partial charge >= 0.3 is 0 Å². The molecule has 20 heavy (non-hydrogen) atoms. The van der Waals surface area contributed by atoms with Gasteiger partial charge in [0.2, 0.25) is 0 Å². The minimum absolute atomic E-state index is 0.150. The molecule has 0 spiro atoms. The van der Waals surface area contributed by atoms with Crippen molar-refractivity contribution in [1.82, 2.24) is 4.90 Å². The first kappa shape index (κ1) is 13.5. The van der Waals surface area contributed by atoms with Crippen molar-refractivity contribution >= 4 is 5.91 Å². The van der Waals surface area contributed by atoms with Gasteiger partial charge in [-0.3, -0.25) is 4.79 Å². The van der Waals surface area contributed by atoms with Crippen LogP contribution in [0.3, 0.4) is 0 Å². The van der Waals surface area contributed by atoms with Crippen LogP contribution in [0.1, 0.15) is 54.4 Å². The van der Waals surface area contributed by atoms with Gasteiger partial charge in [-0.15, -0.1) is 0 Å². The predicted molar refractivity (Wildman–Crippen MR) is 78.9 cm³/mol. The molecule has 0 radical (unpaired) electrons. The van der Waals surface area contributed by atoms with Crippen molar-refractivity contribution in [2.75, 3.05) is 6.54 Å². The Labute approximate surface area is 120 Å². The van der Waals surface area contributed by atoms with Crippen molar-refractivity contribution in [1.29, 1.82) is 0 Å². The fourth-order valence-electron chi connectivity index (χ4n) is 3.92. The molecule has 1 aliphatic heterocycles. The Bertz CT molecular complexity index is 506. The first-order chi connectivity index (χ1) is 9.66. The first-order valence-corrected chi connectivity index (χ1v) is 7.77. The van der Waals surface area contributed by atoms with Gasteiger partial charge in [0, 0.05) is 18.2 Å². The number of likely N-dealkylation sites (tertiary alicyclic amines) is 1. The Morgan fingerprint density at radius 3 is 2.65 bits per heavy atom. The van der Waals surface area contributed by atoms with Crippen LogP contribution in [0.5, 0.6) is 5.75 Å². The minimum Gasteiger partial charge on any atom is -0.508 e. The molecule has 1 saturated carbocycles. The maximum atomic E-state index is 12.8. The van der Waals surface area contributed by atoms with Gasteiger partial charge < -0.3 is 10.0 Å². The van der Waals surface area contributed by atoms with Gasteiger partial charge in [0.15, 0.2) is 0 Å². The molecule has 0 bridgehead atoms. The van der Waals surface area contributed by atoms with Gasteiger partial charge in [0.05, 0.1) is 0 Å². The molecule has 3 rings (SSSR count). The van der Waals surface area contributed by atoms with Crippen LogP contribution >= 0.6 is 0 Å². The highest BCUT2D eigenvalue weighted by molar-refractivity contribution is 5.96. The normalized spacial score (nSPS) is 23.4. The van der Waals surface area contributed by atoms with Crippen LogP contribution in [-0.2, 0) is 0 Å². The lowest BCUT2D eigenvalue weighted by atomic mass is 9.95. The van der Waals surface area contributed by atoms with E-state index in [1.807, 2.05) is 6.92 Å². The van der Waals surface area contributed by atoms with Gasteiger partial charge in [0.1, 0.15) is 5.75 Å². The molecule has 2 fully saturated rings. The van der Waals surface area contributed by atoms with E-state index < -0.39 is 0 Å². The maximum absolute atomic E-state index is 12.8. The van der Waals surface area contributed by atoms with Crippen LogP contribution in [0, 0.1) is 12.8 Å². The smallest absolute Gasteiger partial charge is 0.254 e. The molecule has 1 aromatic rings. The topological polar surface area (TPSA) is 40.5 Å². The molecule has 1 atom stereocenters. The molecule has 0 aromatic heterocycles. The number of rotatable bonds is 2. The molecule has 108 valence electrons. The summed E-state index contributed by atoms with van der Waals surface area (Å²) in [7, 11) is 0. The molecule has 1 aromatic carbocycles. The number of carbonyl (C=O) groups excluding carboxylic acids is 1. The summed E-state index contributed by atoms with van der Waals surface area (Å²) in [5, 5.41) is 9.48. The fraction of sp³-hybridized carbons (Fsp3) is 0.588. The third kappa shape index (κ3) is 2.41. The van der Waals surface area contributed by atoms with E-state index in [-0.39, 0.29) is 11.7 Å². The second-order valence-corrected chi connectivity index (χ2v) is 6.25. The molecular weight excluding hydrogens is 250 g/mol. The molecule has 2 aliphatic rings. The lowest BCUT2D eigenvalue weighted by Gasteiger charge is -2.30. The Morgan fingerprint density at radius 2 is 1.95 bits per heavy atom. The Balaban J connectivity index is 1.81. The summed E-state index contributed by atoms with van der Waals surface area (Å²) >= 11 is 0. The number of phenols is 1. The van der Waals surface area contributed by atoms with Crippen molar-refractivity contribution in [2.45, 2.75) is 51.5 Å². The third-order valence-corrected chi connectivity index (χ3v) is 4.94. The van der Waals surface area contributed by atoms with Gasteiger partial charge in [-0.25, -0.2) is 0 Å². The number of aromatic hydroxyl groups is 1. The van der Waals surface area contributed by atoms with Gasteiger partial charge in [-0.1, -0.05) is 12.8 Å². The summed E-state index contributed by atoms with van der Waals surface area (Å²) in [6.45, 7) is 2.79. The highest BCUT2D eigenvalue weighted by Crippen LogP contribution is 2.36. The van der Waals surface area contributed by atoms with Crippen LogP contribution in [0.4, 0.5) is 0 Å². The molecule has 3 nitrogen and oxygen atoms in total. The number of nitrogens with zero attached hydrogens (tertiary/aromatic N) is 1. The van der Waals surface area contributed by atoms with E-state index in [2.05, 4.69) is 4.90 Å². The summed E-state index contributed by atoms with van der Waals surface area (Å²) in [4.78, 5) is 14.9. The van der Waals surface area contributed by atoms with E-state index in [1.54, 1.807) is 18.2 Å². The minimum atomic E-state index is 0.150. The lowest BCUT2D eigenvalue weighted by Crippen LogP contribution is -2.39. The fourth-order valence-corrected chi connectivity index (χ4v) is 3.92. The number of hydrogen-bond acceptors (Lipinski definition) is 2. The Kier molecular flexibility index (Phi) is 3.68. The summed E-state index contributed by atoms with van der Waals surface area (Å²) in [5.74, 6) is 1.09. The highest BCUT2D eigenvalue weighted by atomic mass is 16.3. The largest absolute Gasteiger partial charge is 0.508 e. The van der Waals surface area contributed by atoms with Crippen LogP contribution in [-0.4, -0.2) is 28.5 Å². The summed E-state index contributed by atoms with van der Waals surface area (Å²) in [6.07, 6.45) is 7.49. The predicted octanol–water partition coefficient (Wildman–Crippen LogP) is 3.50. The third-order valence-electron chi connectivity index (χ3n) is 4.94. The molecular formula is C17H23NO2. The number of amides is 1. The van der Waals surface area contributed by atoms with E-state index in [0.29, 0.717) is 12.0 Å². The number of phenolic OH excluding ortho intramolecular Hbond substituents is 1. The number of benzene rings is 1. The quantitative estimate of drug-likeness (QED) is 0.896. The van der Waals surface area contributed by atoms with E-state index in [4.69, 9.17) is 0 Å². The molecule has 1 N–H and O–H groups in total. The average Bonchev–Trinajstić information content (AvgIpc) is 3.09. The van der Waals surface area contributed by atoms with Crippen molar-refractivity contribution in [3.8, 4) is 5.75 Å². The SMILES string of the molecule is Cc1cc(O)ccc1C(=O)N1CCCC1C1CCCC1. The van der Waals surface area contributed by atoms with E-state index in [9.17, 15) is 9.90 Å². The van der Waals surface area contributed by atoms with Gasteiger partial charge in [-0.2, -0.15) is 0 Å². The molecule has 1 unspecified atom stereocenters. The molecule has 1 amide bonds. The summed E-state index contributed by atoms with van der Waals surface area (Å²) in [5.41, 5.74) is 1.61. The monoisotopic (exact) mass is 273 g/mol. The standard InChI is InChI=1S/C17H23NO2/c1-12-11-14(19)8-9-15(12)17(20)18-10-4-7-16(18)13-5-2-3-6-13/h8-9,11,13,16,19H,2-7,10H2,1H3. The highest BCUT2D eigenvalue weighted by Gasteiger charge is 2.36. The number of carbonyl (C=O) groups is 1. The number of hydrogen-bond donors (Lipinski definition) is 1. The molecule has 1 saturated heterocycles. The van der Waals surface area contributed by atoms with Crippen molar-refractivity contribution < 1.29 is 9.90 Å². The van der Waals surface area contributed by atoms with Crippen LogP contribution < -0.4 is 0 Å². The molecule has 3 heteroatoms. The van der Waals surface area contributed by atoms with Crippen molar-refractivity contribution in [3.63, 3.8) is 0 Å². The molecule has 1 aliphatic carbocycles. The van der Waals surface area contributed by atoms with Crippen LogP contribution in [0.2, 0.25) is 0 Å². The Morgan fingerprint density at radius 1 is 1.20 bits per heavy atom. The Hall–Kier alpha value is -1.51. The molecule has 1 heterocycles. The summed E-state index contributed by atoms with van der Waals surface area (Å²) in [6, 6.07) is 5.49. The van der Waals surface area contributed by atoms with Gasteiger partial charge in [0.25, 0.3) is 5.91 Å². The van der Waals surface area contributed by atoms with E-state index in [0.717, 1.165) is 30.5 Å². The summed E-state index contributed by atoms with van der Waals surface area (Å²) < 4.78 is 0. The van der Waals surface area contributed by atoms with E-state index >= 15 is 0 Å². The van der Waals surface area contributed by atoms with E-state index in [1.165, 1.54) is 25.7 Å². The second kappa shape index (κ2) is 5.47. The second-order valence-electron chi connectivity index (χ2n) is 6.25. The van der Waals surface area contributed by atoms with Crippen molar-refractivity contribution in [2.24, 2.45) is 5.92 Å². The van der Waals surface area contributed by atoms with Crippen molar-refractivity contribution in [3.05, 3.63) is 29.3 Å². The zero-order chi connectivity index (χ0) is 14.1. The number of aryl methyl sites for hydroxylation is 1. The van der Waals surface area contributed by atoms with Crippen LogP contribution in [0.25, 0.3) is 0 Å². The lowest BCUT2D eigenvalue weighted by molar-refractivity contribution is 0.0688. The zero-order valence-corrected chi connectivity index (χ0v) is 12.1. The first-order valence-electron chi connectivity index (χ1n) is 7.77. The van der Waals surface area contributed by atoms with Crippen LogP contribution in [0.15, 0.2) is 18.2 Å². The average molecular weight is 273 g/mol. The van der Waals surface area contributed by atoms with Gasteiger partial charge in [-0.05, 0) is 62.3 Å². The zero-order valence-electron chi connectivity index (χ0n) is 12.1. The maximum Gasteiger partial charge on any atom is 0.254 e.